The second-order valence-electron chi connectivity index (χ2n) is 3.07. The molecule has 1 aliphatic heterocycles. The summed E-state index contributed by atoms with van der Waals surface area (Å²) in [5.41, 5.74) is 0.996. The molecule has 14 heavy (non-hydrogen) atoms. The SMILES string of the molecule is O=C1NC[C@@H](c2cc(Cl)ccc2Br)N1. The Bertz CT molecular complexity index is 383. The molecule has 2 rings (SSSR count). The van der Waals surface area contributed by atoms with Gasteiger partial charge in [-0.25, -0.2) is 4.79 Å². The van der Waals surface area contributed by atoms with E-state index in [1.807, 2.05) is 12.1 Å². The summed E-state index contributed by atoms with van der Waals surface area (Å²) in [6.45, 7) is 0.595. The summed E-state index contributed by atoms with van der Waals surface area (Å²) in [6, 6.07) is 5.39. The number of hydrogen-bond donors (Lipinski definition) is 2. The van der Waals surface area contributed by atoms with Crippen molar-refractivity contribution in [1.29, 1.82) is 0 Å². The Kier molecular flexibility index (Phi) is 2.65. The largest absolute Gasteiger partial charge is 0.336 e. The number of rotatable bonds is 1. The van der Waals surface area contributed by atoms with Gasteiger partial charge in [0.15, 0.2) is 0 Å². The number of hydrogen-bond acceptors (Lipinski definition) is 1. The molecule has 0 aliphatic carbocycles. The van der Waals surface area contributed by atoms with E-state index in [1.165, 1.54) is 0 Å². The molecule has 1 aromatic carbocycles. The summed E-state index contributed by atoms with van der Waals surface area (Å²) < 4.78 is 0.955. The van der Waals surface area contributed by atoms with E-state index in [-0.39, 0.29) is 12.1 Å². The standard InChI is InChI=1S/C9H8BrClN2O/c10-7-2-1-5(11)3-6(7)8-4-12-9(14)13-8/h1-3,8H,4H2,(H2,12,13,14)/t8-/m0/s1. The Morgan fingerprint density at radius 3 is 2.93 bits per heavy atom. The van der Waals surface area contributed by atoms with Crippen molar-refractivity contribution in [3.05, 3.63) is 33.3 Å². The molecule has 1 heterocycles. The van der Waals surface area contributed by atoms with Gasteiger partial charge in [-0.05, 0) is 23.8 Å². The van der Waals surface area contributed by atoms with Gasteiger partial charge in [0.2, 0.25) is 0 Å². The van der Waals surface area contributed by atoms with Gasteiger partial charge in [-0.2, -0.15) is 0 Å². The minimum Gasteiger partial charge on any atom is -0.336 e. The van der Waals surface area contributed by atoms with Gasteiger partial charge in [0.25, 0.3) is 0 Å². The molecule has 1 aliphatic rings. The average molecular weight is 276 g/mol. The monoisotopic (exact) mass is 274 g/mol. The minimum atomic E-state index is -0.137. The Balaban J connectivity index is 2.31. The van der Waals surface area contributed by atoms with Crippen molar-refractivity contribution in [3.8, 4) is 0 Å². The van der Waals surface area contributed by atoms with Crippen LogP contribution in [0.2, 0.25) is 5.02 Å². The van der Waals surface area contributed by atoms with Gasteiger partial charge >= 0.3 is 6.03 Å². The van der Waals surface area contributed by atoms with Crippen LogP contribution in [0.1, 0.15) is 11.6 Å². The molecule has 0 bridgehead atoms. The zero-order valence-corrected chi connectivity index (χ0v) is 9.52. The summed E-state index contributed by atoms with van der Waals surface area (Å²) in [5.74, 6) is 0. The fraction of sp³-hybridized carbons (Fsp3) is 0.222. The number of carbonyl (C=O) groups is 1. The van der Waals surface area contributed by atoms with Crippen molar-refractivity contribution < 1.29 is 4.79 Å². The Labute approximate surface area is 95.0 Å². The summed E-state index contributed by atoms with van der Waals surface area (Å²) in [4.78, 5) is 11.0. The van der Waals surface area contributed by atoms with Gasteiger partial charge in [0, 0.05) is 16.0 Å². The lowest BCUT2D eigenvalue weighted by molar-refractivity contribution is 0.247. The van der Waals surface area contributed by atoms with Crippen LogP contribution in [0.5, 0.6) is 0 Å². The molecule has 1 atom stereocenters. The maximum atomic E-state index is 11.0. The number of amides is 2. The molecule has 74 valence electrons. The van der Waals surface area contributed by atoms with Crippen LogP contribution in [-0.2, 0) is 0 Å². The first kappa shape index (κ1) is 9.80. The molecule has 3 nitrogen and oxygen atoms in total. The topological polar surface area (TPSA) is 41.1 Å². The fourth-order valence-electron chi connectivity index (χ4n) is 1.42. The minimum absolute atomic E-state index is 0.00410. The van der Waals surface area contributed by atoms with Crippen LogP contribution in [-0.4, -0.2) is 12.6 Å². The summed E-state index contributed by atoms with van der Waals surface area (Å²) >= 11 is 9.30. The predicted octanol–water partition coefficient (Wildman–Crippen LogP) is 2.46. The molecule has 0 aromatic heterocycles. The first-order valence-electron chi connectivity index (χ1n) is 4.16. The summed E-state index contributed by atoms with van der Waals surface area (Å²) in [7, 11) is 0. The molecule has 5 heteroatoms. The zero-order valence-electron chi connectivity index (χ0n) is 7.18. The van der Waals surface area contributed by atoms with Gasteiger partial charge in [-0.15, -0.1) is 0 Å². The number of nitrogens with one attached hydrogen (secondary N) is 2. The van der Waals surface area contributed by atoms with Crippen molar-refractivity contribution in [2.45, 2.75) is 6.04 Å². The summed E-state index contributed by atoms with van der Waals surface area (Å²) in [6.07, 6.45) is 0. The molecule has 2 amide bonds. The highest BCUT2D eigenvalue weighted by atomic mass is 79.9. The third-order valence-electron chi connectivity index (χ3n) is 2.11. The predicted molar refractivity (Wildman–Crippen MR) is 58.4 cm³/mol. The van der Waals surface area contributed by atoms with E-state index >= 15 is 0 Å². The highest BCUT2D eigenvalue weighted by Gasteiger charge is 2.23. The molecule has 0 radical (unpaired) electrons. The molecule has 1 saturated heterocycles. The van der Waals surface area contributed by atoms with E-state index in [0.29, 0.717) is 11.6 Å². The third kappa shape index (κ3) is 1.86. The van der Waals surface area contributed by atoms with Crippen molar-refractivity contribution in [2.24, 2.45) is 0 Å². The van der Waals surface area contributed by atoms with E-state index in [0.717, 1.165) is 10.0 Å². The van der Waals surface area contributed by atoms with Crippen molar-refractivity contribution >= 4 is 33.6 Å². The highest BCUT2D eigenvalue weighted by Crippen LogP contribution is 2.27. The highest BCUT2D eigenvalue weighted by molar-refractivity contribution is 9.10. The van der Waals surface area contributed by atoms with Gasteiger partial charge in [0.1, 0.15) is 0 Å². The van der Waals surface area contributed by atoms with Gasteiger partial charge in [-0.3, -0.25) is 0 Å². The first-order valence-corrected chi connectivity index (χ1v) is 5.33. The molecule has 0 unspecified atom stereocenters. The molecule has 0 saturated carbocycles. The lowest BCUT2D eigenvalue weighted by Gasteiger charge is -2.11. The maximum absolute atomic E-state index is 11.0. The molecular formula is C9H8BrClN2O. The van der Waals surface area contributed by atoms with Gasteiger partial charge < -0.3 is 10.6 Å². The lowest BCUT2D eigenvalue weighted by Crippen LogP contribution is -2.21. The van der Waals surface area contributed by atoms with E-state index in [2.05, 4.69) is 26.6 Å². The van der Waals surface area contributed by atoms with Gasteiger partial charge in [0.05, 0.1) is 6.04 Å². The molecule has 0 spiro atoms. The second kappa shape index (κ2) is 3.79. The quantitative estimate of drug-likeness (QED) is 0.812. The normalized spacial score (nSPS) is 20.4. The number of benzene rings is 1. The van der Waals surface area contributed by atoms with E-state index < -0.39 is 0 Å². The Morgan fingerprint density at radius 2 is 2.29 bits per heavy atom. The average Bonchev–Trinajstić information content (AvgIpc) is 2.56. The number of urea groups is 1. The molecular weight excluding hydrogens is 267 g/mol. The second-order valence-corrected chi connectivity index (χ2v) is 4.36. The fourth-order valence-corrected chi connectivity index (χ4v) is 2.13. The molecule has 1 aromatic rings. The van der Waals surface area contributed by atoms with Crippen LogP contribution < -0.4 is 10.6 Å². The third-order valence-corrected chi connectivity index (χ3v) is 3.06. The molecule has 2 N–H and O–H groups in total. The van der Waals surface area contributed by atoms with E-state index in [9.17, 15) is 4.79 Å². The van der Waals surface area contributed by atoms with Crippen molar-refractivity contribution in [2.75, 3.05) is 6.54 Å². The number of carbonyl (C=O) groups excluding carboxylic acids is 1. The smallest absolute Gasteiger partial charge is 0.315 e. The van der Waals surface area contributed by atoms with Crippen LogP contribution in [0.4, 0.5) is 4.79 Å². The van der Waals surface area contributed by atoms with Crippen molar-refractivity contribution in [3.63, 3.8) is 0 Å². The van der Waals surface area contributed by atoms with E-state index in [1.54, 1.807) is 6.07 Å². The van der Waals surface area contributed by atoms with Crippen molar-refractivity contribution in [1.82, 2.24) is 10.6 Å². The Morgan fingerprint density at radius 1 is 1.50 bits per heavy atom. The zero-order chi connectivity index (χ0) is 10.1. The molecule has 1 fully saturated rings. The van der Waals surface area contributed by atoms with Crippen LogP contribution in [0, 0.1) is 0 Å². The van der Waals surface area contributed by atoms with Gasteiger partial charge in [-0.1, -0.05) is 27.5 Å². The van der Waals surface area contributed by atoms with Crippen LogP contribution in [0.25, 0.3) is 0 Å². The lowest BCUT2D eigenvalue weighted by atomic mass is 10.1. The van der Waals surface area contributed by atoms with Crippen LogP contribution >= 0.6 is 27.5 Å². The Hall–Kier alpha value is -0.740. The van der Waals surface area contributed by atoms with E-state index in [4.69, 9.17) is 11.6 Å². The number of halogens is 2. The summed E-state index contributed by atoms with van der Waals surface area (Å²) in [5, 5.41) is 6.17. The first-order chi connectivity index (χ1) is 6.66. The van der Waals surface area contributed by atoms with Crippen LogP contribution in [0.3, 0.4) is 0 Å². The van der Waals surface area contributed by atoms with Crippen LogP contribution in [0.15, 0.2) is 22.7 Å². The maximum Gasteiger partial charge on any atom is 0.315 e.